The third kappa shape index (κ3) is 4.06. The minimum absolute atomic E-state index is 0.331. The lowest BCUT2D eigenvalue weighted by Gasteiger charge is -2.14. The molecule has 5 nitrogen and oxygen atoms in total. The third-order valence-corrected chi connectivity index (χ3v) is 3.73. The van der Waals surface area contributed by atoms with Crippen LogP contribution in [0.5, 0.6) is 0 Å². The largest absolute Gasteiger partial charge is 0.359 e. The van der Waals surface area contributed by atoms with Crippen molar-refractivity contribution in [3.05, 3.63) is 65.9 Å². The maximum Gasteiger partial charge on any atom is 0.151 e. The first kappa shape index (κ1) is 16.3. The highest BCUT2D eigenvalue weighted by molar-refractivity contribution is 5.58. The standard InChI is InChI=1S/C19H22N4O/c1-14(2)19-20-10-9-16(21-19)12-23(3)13-17-11-18(22-24-17)15-7-5-4-6-8-15/h4-11,14H,12-13H2,1-3H3. The molecule has 124 valence electrons. The highest BCUT2D eigenvalue weighted by Gasteiger charge is 2.11. The number of benzene rings is 1. The summed E-state index contributed by atoms with van der Waals surface area (Å²) in [6, 6.07) is 14.0. The van der Waals surface area contributed by atoms with Crippen LogP contribution in [0.15, 0.2) is 53.2 Å². The van der Waals surface area contributed by atoms with Crippen molar-refractivity contribution in [3.8, 4) is 11.3 Å². The summed E-state index contributed by atoms with van der Waals surface area (Å²) in [5.74, 6) is 2.05. The lowest BCUT2D eigenvalue weighted by Crippen LogP contribution is -2.18. The summed E-state index contributed by atoms with van der Waals surface area (Å²) >= 11 is 0. The summed E-state index contributed by atoms with van der Waals surface area (Å²) in [5, 5.41) is 4.16. The normalized spacial score (nSPS) is 11.4. The summed E-state index contributed by atoms with van der Waals surface area (Å²) < 4.78 is 5.46. The van der Waals surface area contributed by atoms with Crippen LogP contribution in [-0.2, 0) is 13.1 Å². The van der Waals surface area contributed by atoms with Gasteiger partial charge in [0.1, 0.15) is 11.5 Å². The maximum absolute atomic E-state index is 5.46. The molecule has 2 aromatic heterocycles. The van der Waals surface area contributed by atoms with Crippen LogP contribution in [0, 0.1) is 0 Å². The summed E-state index contributed by atoms with van der Waals surface area (Å²) in [5.41, 5.74) is 2.94. The van der Waals surface area contributed by atoms with Crippen molar-refractivity contribution in [2.24, 2.45) is 0 Å². The fraction of sp³-hybridized carbons (Fsp3) is 0.316. The Morgan fingerprint density at radius 2 is 1.88 bits per heavy atom. The Balaban J connectivity index is 1.64. The third-order valence-electron chi connectivity index (χ3n) is 3.73. The van der Waals surface area contributed by atoms with E-state index in [1.807, 2.05) is 55.7 Å². The Bertz CT molecular complexity index is 783. The Labute approximate surface area is 142 Å². The summed E-state index contributed by atoms with van der Waals surface area (Å²) in [6.07, 6.45) is 1.83. The van der Waals surface area contributed by atoms with Crippen molar-refractivity contribution >= 4 is 0 Å². The van der Waals surface area contributed by atoms with E-state index in [4.69, 9.17) is 4.52 Å². The molecule has 3 aromatic rings. The smallest absolute Gasteiger partial charge is 0.151 e. The van der Waals surface area contributed by atoms with Gasteiger partial charge in [-0.1, -0.05) is 49.3 Å². The fourth-order valence-electron chi connectivity index (χ4n) is 2.51. The van der Waals surface area contributed by atoms with Gasteiger partial charge in [0, 0.05) is 30.3 Å². The van der Waals surface area contributed by atoms with Crippen molar-refractivity contribution in [2.45, 2.75) is 32.9 Å². The van der Waals surface area contributed by atoms with Crippen LogP contribution in [0.1, 0.15) is 37.0 Å². The molecule has 1 aromatic carbocycles. The van der Waals surface area contributed by atoms with Gasteiger partial charge in [-0.3, -0.25) is 4.90 Å². The van der Waals surface area contributed by atoms with E-state index in [1.165, 1.54) is 0 Å². The lowest BCUT2D eigenvalue weighted by atomic mass is 10.1. The molecule has 0 atom stereocenters. The van der Waals surface area contributed by atoms with E-state index >= 15 is 0 Å². The second-order valence-corrected chi connectivity index (χ2v) is 6.28. The molecule has 0 saturated heterocycles. The molecule has 0 aliphatic rings. The van der Waals surface area contributed by atoms with Crippen molar-refractivity contribution in [1.29, 1.82) is 0 Å². The molecule has 5 heteroatoms. The molecule has 0 bridgehead atoms. The molecule has 24 heavy (non-hydrogen) atoms. The first-order valence-electron chi connectivity index (χ1n) is 8.13. The zero-order valence-corrected chi connectivity index (χ0v) is 14.3. The molecular formula is C19H22N4O. The van der Waals surface area contributed by atoms with Crippen molar-refractivity contribution in [1.82, 2.24) is 20.0 Å². The zero-order valence-electron chi connectivity index (χ0n) is 14.3. The van der Waals surface area contributed by atoms with Gasteiger partial charge in [0.05, 0.1) is 12.2 Å². The van der Waals surface area contributed by atoms with Crippen LogP contribution in [0.4, 0.5) is 0 Å². The van der Waals surface area contributed by atoms with Crippen molar-refractivity contribution in [3.63, 3.8) is 0 Å². The van der Waals surface area contributed by atoms with Gasteiger partial charge in [0.2, 0.25) is 0 Å². The number of nitrogens with zero attached hydrogens (tertiary/aromatic N) is 4. The van der Waals surface area contributed by atoms with Gasteiger partial charge < -0.3 is 4.52 Å². The van der Waals surface area contributed by atoms with Crippen LogP contribution in [-0.4, -0.2) is 27.1 Å². The molecule has 2 heterocycles. The Hall–Kier alpha value is -2.53. The minimum Gasteiger partial charge on any atom is -0.359 e. The van der Waals surface area contributed by atoms with E-state index < -0.39 is 0 Å². The van der Waals surface area contributed by atoms with E-state index in [0.29, 0.717) is 12.5 Å². The quantitative estimate of drug-likeness (QED) is 0.689. The number of hydrogen-bond donors (Lipinski definition) is 0. The molecule has 0 radical (unpaired) electrons. The maximum atomic E-state index is 5.46. The van der Waals surface area contributed by atoms with E-state index in [0.717, 1.165) is 35.1 Å². The highest BCUT2D eigenvalue weighted by Crippen LogP contribution is 2.19. The monoisotopic (exact) mass is 322 g/mol. The van der Waals surface area contributed by atoms with E-state index in [9.17, 15) is 0 Å². The van der Waals surface area contributed by atoms with Gasteiger partial charge in [0.25, 0.3) is 0 Å². The van der Waals surface area contributed by atoms with Gasteiger partial charge in [-0.25, -0.2) is 9.97 Å². The molecule has 0 aliphatic carbocycles. The minimum atomic E-state index is 0.331. The van der Waals surface area contributed by atoms with Crippen LogP contribution in [0.2, 0.25) is 0 Å². The zero-order chi connectivity index (χ0) is 16.9. The van der Waals surface area contributed by atoms with Gasteiger partial charge in [-0.05, 0) is 13.1 Å². The van der Waals surface area contributed by atoms with Crippen LogP contribution in [0.25, 0.3) is 11.3 Å². The second kappa shape index (κ2) is 7.36. The molecule has 0 fully saturated rings. The van der Waals surface area contributed by atoms with Crippen molar-refractivity contribution < 1.29 is 4.52 Å². The highest BCUT2D eigenvalue weighted by atomic mass is 16.5. The number of rotatable bonds is 6. The first-order valence-corrected chi connectivity index (χ1v) is 8.13. The molecule has 0 aliphatic heterocycles. The topological polar surface area (TPSA) is 55.1 Å². The van der Waals surface area contributed by atoms with Crippen LogP contribution >= 0.6 is 0 Å². The lowest BCUT2D eigenvalue weighted by molar-refractivity contribution is 0.264. The second-order valence-electron chi connectivity index (χ2n) is 6.28. The Morgan fingerprint density at radius 1 is 1.08 bits per heavy atom. The van der Waals surface area contributed by atoms with Crippen LogP contribution in [0.3, 0.4) is 0 Å². The number of hydrogen-bond acceptors (Lipinski definition) is 5. The van der Waals surface area contributed by atoms with E-state index in [1.54, 1.807) is 0 Å². The first-order chi connectivity index (χ1) is 11.6. The Morgan fingerprint density at radius 3 is 2.62 bits per heavy atom. The summed E-state index contributed by atoms with van der Waals surface area (Å²) in [7, 11) is 2.04. The van der Waals surface area contributed by atoms with Gasteiger partial charge in [-0.15, -0.1) is 0 Å². The molecule has 0 N–H and O–H groups in total. The SMILES string of the molecule is CC(C)c1nccc(CN(C)Cc2cc(-c3ccccc3)no2)n1. The Kier molecular flexibility index (Phi) is 5.01. The predicted octanol–water partition coefficient (Wildman–Crippen LogP) is 3.89. The van der Waals surface area contributed by atoms with Gasteiger partial charge in [0.15, 0.2) is 5.76 Å². The van der Waals surface area contributed by atoms with Crippen molar-refractivity contribution in [2.75, 3.05) is 7.05 Å². The molecular weight excluding hydrogens is 300 g/mol. The van der Waals surface area contributed by atoms with Gasteiger partial charge >= 0.3 is 0 Å². The molecule has 0 amide bonds. The average Bonchev–Trinajstić information content (AvgIpc) is 3.04. The van der Waals surface area contributed by atoms with E-state index in [2.05, 4.69) is 33.9 Å². The number of aromatic nitrogens is 3. The fourth-order valence-corrected chi connectivity index (χ4v) is 2.51. The molecule has 3 rings (SSSR count). The average molecular weight is 322 g/mol. The van der Waals surface area contributed by atoms with E-state index in [-0.39, 0.29) is 0 Å². The summed E-state index contributed by atoms with van der Waals surface area (Å²) in [4.78, 5) is 11.1. The summed E-state index contributed by atoms with van der Waals surface area (Å²) in [6.45, 7) is 5.62. The van der Waals surface area contributed by atoms with Gasteiger partial charge in [-0.2, -0.15) is 0 Å². The molecule has 0 saturated carbocycles. The molecule has 0 spiro atoms. The van der Waals surface area contributed by atoms with Crippen LogP contribution < -0.4 is 0 Å². The molecule has 0 unspecified atom stereocenters. The predicted molar refractivity (Wildman–Crippen MR) is 93.2 cm³/mol.